The lowest BCUT2D eigenvalue weighted by Gasteiger charge is -2.14. The van der Waals surface area contributed by atoms with Gasteiger partial charge in [0.05, 0.1) is 11.4 Å². The highest BCUT2D eigenvalue weighted by Crippen LogP contribution is 2.43. The Balaban J connectivity index is 1.01. The Bertz CT molecular complexity index is 3820. The summed E-state index contributed by atoms with van der Waals surface area (Å²) in [6.07, 6.45) is 0. The van der Waals surface area contributed by atoms with Gasteiger partial charge in [0.15, 0.2) is 5.82 Å². The second kappa shape index (κ2) is 14.5. The van der Waals surface area contributed by atoms with Crippen LogP contribution in [0.5, 0.6) is 0 Å². The van der Waals surface area contributed by atoms with E-state index in [1.165, 1.54) is 27.1 Å². The van der Waals surface area contributed by atoms with Crippen LogP contribution in [-0.4, -0.2) is 9.97 Å². The zero-order valence-electron chi connectivity index (χ0n) is 34.5. The van der Waals surface area contributed by atoms with Crippen molar-refractivity contribution in [2.75, 3.05) is 0 Å². The van der Waals surface area contributed by atoms with E-state index < -0.39 is 0 Å². The molecule has 3 aromatic heterocycles. The molecule has 0 amide bonds. The monoisotopic (exact) mass is 816 g/mol. The summed E-state index contributed by atoms with van der Waals surface area (Å²) in [6, 6.07) is 76.8. The summed E-state index contributed by atoms with van der Waals surface area (Å²) in [5.74, 6) is 0.656. The summed E-state index contributed by atoms with van der Waals surface area (Å²) in [7, 11) is 0. The van der Waals surface area contributed by atoms with Crippen LogP contribution >= 0.6 is 0 Å². The third kappa shape index (κ3) is 5.92. The highest BCUT2D eigenvalue weighted by atomic mass is 16.3. The van der Waals surface area contributed by atoms with Gasteiger partial charge >= 0.3 is 0 Å². The molecule has 0 saturated carbocycles. The van der Waals surface area contributed by atoms with Gasteiger partial charge in [-0.3, -0.25) is 0 Å². The van der Waals surface area contributed by atoms with Gasteiger partial charge in [-0.1, -0.05) is 176 Å². The first-order chi connectivity index (χ1) is 31.7. The number of hydrogen-bond donors (Lipinski definition) is 0. The quantitative estimate of drug-likeness (QED) is 0.157. The Labute approximate surface area is 368 Å². The van der Waals surface area contributed by atoms with Gasteiger partial charge in [-0.2, -0.15) is 0 Å². The van der Waals surface area contributed by atoms with Crippen LogP contribution in [0.15, 0.2) is 227 Å². The van der Waals surface area contributed by atoms with Crippen LogP contribution in [0.2, 0.25) is 0 Å². The van der Waals surface area contributed by atoms with Crippen LogP contribution in [0, 0.1) is 0 Å². The molecule has 0 spiro atoms. The topological polar surface area (TPSA) is 52.1 Å². The molecule has 0 N–H and O–H groups in total. The molecule has 0 fully saturated rings. The van der Waals surface area contributed by atoms with Crippen molar-refractivity contribution in [2.45, 2.75) is 0 Å². The van der Waals surface area contributed by atoms with Gasteiger partial charge < -0.3 is 8.83 Å². The number of para-hydroxylation sites is 4. The van der Waals surface area contributed by atoms with Gasteiger partial charge in [0.2, 0.25) is 0 Å². The Morgan fingerprint density at radius 3 is 1.39 bits per heavy atom. The van der Waals surface area contributed by atoms with Crippen molar-refractivity contribution >= 4 is 65.4 Å². The molecule has 3 heterocycles. The Morgan fingerprint density at radius 2 is 0.750 bits per heavy atom. The number of furan rings is 2. The number of benzene rings is 10. The predicted molar refractivity (Wildman–Crippen MR) is 264 cm³/mol. The van der Waals surface area contributed by atoms with Gasteiger partial charge in [0.25, 0.3) is 0 Å². The van der Waals surface area contributed by atoms with E-state index in [-0.39, 0.29) is 0 Å². The van der Waals surface area contributed by atoms with Crippen molar-refractivity contribution in [1.29, 1.82) is 0 Å². The molecule has 0 bridgehead atoms. The molecule has 0 aliphatic rings. The fourth-order valence-electron chi connectivity index (χ4n) is 9.61. The van der Waals surface area contributed by atoms with Crippen LogP contribution in [0.25, 0.3) is 133 Å². The lowest BCUT2D eigenvalue weighted by Crippen LogP contribution is -1.97. The Hall–Kier alpha value is -8.60. The van der Waals surface area contributed by atoms with Crippen LogP contribution in [0.4, 0.5) is 0 Å². The summed E-state index contributed by atoms with van der Waals surface area (Å²) in [5, 5.41) is 9.31. The van der Waals surface area contributed by atoms with Gasteiger partial charge in [-0.15, -0.1) is 0 Å². The summed E-state index contributed by atoms with van der Waals surface area (Å²) < 4.78 is 13.3. The van der Waals surface area contributed by atoms with Crippen molar-refractivity contribution in [3.8, 4) is 67.3 Å². The molecule has 0 aliphatic carbocycles. The second-order valence-electron chi connectivity index (χ2n) is 16.5. The summed E-state index contributed by atoms with van der Waals surface area (Å²) in [5.41, 5.74) is 14.4. The number of hydrogen-bond acceptors (Lipinski definition) is 4. The number of fused-ring (bicyclic) bond motifs is 9. The van der Waals surface area contributed by atoms with E-state index in [0.29, 0.717) is 5.82 Å². The Morgan fingerprint density at radius 1 is 0.266 bits per heavy atom. The number of nitrogens with zero attached hydrogens (tertiary/aromatic N) is 2. The van der Waals surface area contributed by atoms with Gasteiger partial charge in [0, 0.05) is 49.4 Å². The minimum Gasteiger partial charge on any atom is -0.455 e. The molecule has 0 unspecified atom stereocenters. The molecule has 4 nitrogen and oxygen atoms in total. The Kier molecular flexibility index (Phi) is 8.18. The molecule has 4 heteroatoms. The van der Waals surface area contributed by atoms with Crippen molar-refractivity contribution in [2.24, 2.45) is 0 Å². The van der Waals surface area contributed by atoms with Crippen molar-refractivity contribution < 1.29 is 8.83 Å². The van der Waals surface area contributed by atoms with Crippen molar-refractivity contribution in [1.82, 2.24) is 9.97 Å². The minimum atomic E-state index is 0.656. The van der Waals surface area contributed by atoms with Gasteiger partial charge in [-0.05, 0) is 86.3 Å². The van der Waals surface area contributed by atoms with E-state index >= 15 is 0 Å². The molecule has 13 aromatic rings. The molecule has 0 radical (unpaired) electrons. The third-order valence-electron chi connectivity index (χ3n) is 12.7. The van der Waals surface area contributed by atoms with E-state index in [0.717, 1.165) is 99.8 Å². The highest BCUT2D eigenvalue weighted by Gasteiger charge is 2.19. The van der Waals surface area contributed by atoms with Gasteiger partial charge in [-0.25, -0.2) is 9.97 Å². The molecule has 298 valence electrons. The molecular weight excluding hydrogens is 781 g/mol. The zero-order valence-corrected chi connectivity index (χ0v) is 34.5. The van der Waals surface area contributed by atoms with E-state index in [1.54, 1.807) is 0 Å². The van der Waals surface area contributed by atoms with E-state index in [1.807, 2.05) is 42.5 Å². The first-order valence-corrected chi connectivity index (χ1v) is 21.6. The fraction of sp³-hybridized carbons (Fsp3) is 0. The summed E-state index contributed by atoms with van der Waals surface area (Å²) >= 11 is 0. The first-order valence-electron chi connectivity index (χ1n) is 21.6. The van der Waals surface area contributed by atoms with Crippen LogP contribution in [0.1, 0.15) is 0 Å². The molecule has 10 aromatic carbocycles. The van der Waals surface area contributed by atoms with Crippen molar-refractivity contribution in [3.05, 3.63) is 218 Å². The third-order valence-corrected chi connectivity index (χ3v) is 12.7. The molecule has 13 rings (SSSR count). The zero-order chi connectivity index (χ0) is 42.1. The molecular formula is C60H36N2O2. The molecule has 0 atom stereocenters. The molecule has 64 heavy (non-hydrogen) atoms. The van der Waals surface area contributed by atoms with E-state index in [2.05, 4.69) is 176 Å². The lowest BCUT2D eigenvalue weighted by molar-refractivity contribution is 0.670. The largest absolute Gasteiger partial charge is 0.455 e. The molecule has 0 aliphatic heterocycles. The lowest BCUT2D eigenvalue weighted by atomic mass is 9.92. The maximum Gasteiger partial charge on any atom is 0.160 e. The SMILES string of the molecule is c1ccc(-c2nc(-c3ccc(-c4cc5ccccc5c5ccccc45)cc3)cc(-c3cc(-c4cccc5c4oc4ccccc45)cc(-c4cccc5c4oc4ccccc45)c3)n2)cc1. The number of aromatic nitrogens is 2. The minimum absolute atomic E-state index is 0.656. The normalized spacial score (nSPS) is 11.8. The first kappa shape index (κ1) is 36.1. The maximum absolute atomic E-state index is 6.64. The van der Waals surface area contributed by atoms with Crippen molar-refractivity contribution in [3.63, 3.8) is 0 Å². The summed E-state index contributed by atoms with van der Waals surface area (Å²) in [4.78, 5) is 10.6. The molecule has 0 saturated heterocycles. The van der Waals surface area contributed by atoms with Crippen LogP contribution < -0.4 is 0 Å². The average Bonchev–Trinajstić information content (AvgIpc) is 3.95. The average molecular weight is 817 g/mol. The fourth-order valence-corrected chi connectivity index (χ4v) is 9.61. The second-order valence-corrected chi connectivity index (χ2v) is 16.5. The van der Waals surface area contributed by atoms with E-state index in [9.17, 15) is 0 Å². The van der Waals surface area contributed by atoms with Crippen LogP contribution in [0.3, 0.4) is 0 Å². The maximum atomic E-state index is 6.64. The van der Waals surface area contributed by atoms with E-state index in [4.69, 9.17) is 18.8 Å². The van der Waals surface area contributed by atoms with Crippen LogP contribution in [-0.2, 0) is 0 Å². The number of rotatable bonds is 6. The highest BCUT2D eigenvalue weighted by molar-refractivity contribution is 6.14. The summed E-state index contributed by atoms with van der Waals surface area (Å²) in [6.45, 7) is 0. The standard InChI is InChI=1S/C60H36N2O2/c1-2-14-39(15-3-1)60-61-54(38-30-28-37(29-31-38)53-35-40-16-4-5-17-44(40)47-18-6-7-19-48(47)53)36-55(62-60)43-33-41(45-22-12-24-51-49-20-8-10-26-56(49)63-58(45)51)32-42(34-43)46-23-13-25-52-50-21-9-11-27-57(50)64-59(46)52/h1-36H. The smallest absolute Gasteiger partial charge is 0.160 e. The predicted octanol–water partition coefficient (Wildman–Crippen LogP) is 16.6. The van der Waals surface area contributed by atoms with Gasteiger partial charge in [0.1, 0.15) is 22.3 Å².